The van der Waals surface area contributed by atoms with Crippen molar-refractivity contribution < 1.29 is 28.2 Å². The van der Waals surface area contributed by atoms with Gasteiger partial charge in [-0.1, -0.05) is 12.1 Å². The number of aromatic nitrogens is 4. The lowest BCUT2D eigenvalue weighted by Gasteiger charge is -2.29. The normalized spacial score (nSPS) is 17.0. The van der Waals surface area contributed by atoms with Crippen molar-refractivity contribution in [1.82, 2.24) is 24.4 Å². The zero-order chi connectivity index (χ0) is 29.2. The summed E-state index contributed by atoms with van der Waals surface area (Å²) in [5, 5.41) is 18.4. The second-order valence-electron chi connectivity index (χ2n) is 10.2. The van der Waals surface area contributed by atoms with Gasteiger partial charge in [0.15, 0.2) is 5.82 Å². The Kier molecular flexibility index (Phi) is 7.60. The predicted molar refractivity (Wildman–Crippen MR) is 146 cm³/mol. The minimum Gasteiger partial charge on any atom is -0.478 e. The summed E-state index contributed by atoms with van der Waals surface area (Å²) in [6.45, 7) is 2.86. The zero-order valence-corrected chi connectivity index (χ0v) is 22.5. The standard InChI is InChI=1S/C30H26F2N6O4/c31-23-11-18(13-33)1-2-21(23)17-42-29-24(32)14-34-28(36-29)19-5-8-37(9-6-19)16-27-35-25-4-3-20(30(39)40)12-26(25)38(27)15-22-7-10-41-22/h1-5,11-12,14,22H,6-10,15-17H2,(H,39,40)/t22-/m0/s1. The SMILES string of the molecule is N#Cc1ccc(COc2nc(C3=CCN(Cc4nc5ccc(C(=O)O)cc5n4C[C@@H]4CCO4)CC3)ncc2F)c(F)c1. The van der Waals surface area contributed by atoms with Crippen LogP contribution in [0.3, 0.4) is 0 Å². The molecule has 2 aromatic carbocycles. The number of nitriles is 1. The fraction of sp³-hybridized carbons (Fsp3) is 0.300. The van der Waals surface area contributed by atoms with Crippen molar-refractivity contribution in [3.8, 4) is 11.9 Å². The molecule has 0 aliphatic carbocycles. The summed E-state index contributed by atoms with van der Waals surface area (Å²) in [5.41, 5.74) is 2.90. The molecule has 1 atom stereocenters. The molecule has 2 aliphatic heterocycles. The molecule has 4 aromatic rings. The van der Waals surface area contributed by atoms with Gasteiger partial charge in [-0.2, -0.15) is 14.6 Å². The van der Waals surface area contributed by atoms with Gasteiger partial charge in [0, 0.05) is 25.3 Å². The molecule has 0 radical (unpaired) electrons. The maximum Gasteiger partial charge on any atom is 0.335 e. The molecule has 214 valence electrons. The molecule has 1 saturated heterocycles. The molecule has 0 amide bonds. The van der Waals surface area contributed by atoms with Gasteiger partial charge in [0.05, 0.1) is 53.6 Å². The number of halogens is 2. The van der Waals surface area contributed by atoms with Crippen molar-refractivity contribution in [3.05, 3.63) is 88.6 Å². The summed E-state index contributed by atoms with van der Waals surface area (Å²) in [7, 11) is 0. The van der Waals surface area contributed by atoms with Crippen LogP contribution in [0.15, 0.2) is 48.7 Å². The van der Waals surface area contributed by atoms with Crippen LogP contribution < -0.4 is 4.74 Å². The monoisotopic (exact) mass is 572 g/mol. The highest BCUT2D eigenvalue weighted by Crippen LogP contribution is 2.26. The first-order valence-electron chi connectivity index (χ1n) is 13.5. The number of carboxylic acids is 1. The fourth-order valence-corrected chi connectivity index (χ4v) is 5.01. The Morgan fingerprint density at radius 3 is 2.74 bits per heavy atom. The van der Waals surface area contributed by atoms with Gasteiger partial charge in [-0.3, -0.25) is 4.90 Å². The summed E-state index contributed by atoms with van der Waals surface area (Å²) in [5.74, 6) is -1.48. The van der Waals surface area contributed by atoms with Crippen LogP contribution in [-0.4, -0.2) is 61.3 Å². The quantitative estimate of drug-likeness (QED) is 0.312. The van der Waals surface area contributed by atoms with Gasteiger partial charge in [-0.15, -0.1) is 0 Å². The largest absolute Gasteiger partial charge is 0.478 e. The number of hydrogen-bond donors (Lipinski definition) is 1. The topological polar surface area (TPSA) is 126 Å². The molecular weight excluding hydrogens is 546 g/mol. The molecule has 2 aliphatic rings. The lowest BCUT2D eigenvalue weighted by atomic mass is 10.1. The molecule has 0 unspecified atom stereocenters. The van der Waals surface area contributed by atoms with Crippen LogP contribution in [0, 0.1) is 23.0 Å². The number of benzene rings is 2. The van der Waals surface area contributed by atoms with Crippen LogP contribution in [0.1, 0.15) is 46.0 Å². The number of carbonyl (C=O) groups is 1. The van der Waals surface area contributed by atoms with E-state index in [2.05, 4.69) is 14.9 Å². The third-order valence-electron chi connectivity index (χ3n) is 7.46. The molecule has 6 rings (SSSR count). The van der Waals surface area contributed by atoms with Crippen LogP contribution in [0.4, 0.5) is 8.78 Å². The Morgan fingerprint density at radius 1 is 1.19 bits per heavy atom. The molecule has 2 aromatic heterocycles. The van der Waals surface area contributed by atoms with Crippen LogP contribution in [0.5, 0.6) is 5.88 Å². The van der Waals surface area contributed by atoms with E-state index in [-0.39, 0.29) is 35.3 Å². The van der Waals surface area contributed by atoms with Crippen molar-refractivity contribution in [2.45, 2.75) is 38.6 Å². The number of nitrogens with zero attached hydrogens (tertiary/aromatic N) is 6. The molecule has 10 nitrogen and oxygen atoms in total. The minimum absolute atomic E-state index is 0.0722. The number of aromatic carboxylic acids is 1. The molecule has 1 N–H and O–H groups in total. The molecule has 1 fully saturated rings. The molecular formula is C30H26F2N6O4. The summed E-state index contributed by atoms with van der Waals surface area (Å²) in [6, 6.07) is 10.8. The fourth-order valence-electron chi connectivity index (χ4n) is 5.01. The van der Waals surface area contributed by atoms with E-state index < -0.39 is 17.6 Å². The number of hydrogen-bond acceptors (Lipinski definition) is 8. The zero-order valence-electron chi connectivity index (χ0n) is 22.5. The van der Waals surface area contributed by atoms with E-state index in [0.717, 1.165) is 47.7 Å². The van der Waals surface area contributed by atoms with Gasteiger partial charge < -0.3 is 19.1 Å². The summed E-state index contributed by atoms with van der Waals surface area (Å²) < 4.78 is 41.8. The number of ether oxygens (including phenoxy) is 2. The van der Waals surface area contributed by atoms with Crippen LogP contribution in [-0.2, 0) is 24.4 Å². The summed E-state index contributed by atoms with van der Waals surface area (Å²) in [4.78, 5) is 27.0. The maximum absolute atomic E-state index is 14.4. The van der Waals surface area contributed by atoms with E-state index >= 15 is 0 Å². The van der Waals surface area contributed by atoms with Gasteiger partial charge in [0.2, 0.25) is 5.82 Å². The average Bonchev–Trinajstić information content (AvgIpc) is 3.31. The Balaban J connectivity index is 1.16. The van der Waals surface area contributed by atoms with E-state index in [1.54, 1.807) is 18.2 Å². The van der Waals surface area contributed by atoms with E-state index in [1.807, 2.05) is 16.7 Å². The van der Waals surface area contributed by atoms with Gasteiger partial charge in [-0.25, -0.2) is 19.2 Å². The Bertz CT molecular complexity index is 1740. The average molecular weight is 573 g/mol. The first-order valence-corrected chi connectivity index (χ1v) is 13.5. The van der Waals surface area contributed by atoms with Crippen molar-refractivity contribution >= 4 is 22.6 Å². The van der Waals surface area contributed by atoms with Crippen molar-refractivity contribution in [2.24, 2.45) is 0 Å². The van der Waals surface area contributed by atoms with Crippen LogP contribution >= 0.6 is 0 Å². The lowest BCUT2D eigenvalue weighted by Crippen LogP contribution is -2.33. The number of fused-ring (bicyclic) bond motifs is 1. The Hall–Kier alpha value is -4.73. The third-order valence-corrected chi connectivity index (χ3v) is 7.46. The molecule has 0 spiro atoms. The Labute approximate surface area is 239 Å². The molecule has 0 bridgehead atoms. The predicted octanol–water partition coefficient (Wildman–Crippen LogP) is 4.33. The van der Waals surface area contributed by atoms with Gasteiger partial charge in [-0.05, 0) is 48.7 Å². The summed E-state index contributed by atoms with van der Waals surface area (Å²) in [6.07, 6.45) is 4.63. The highest BCUT2D eigenvalue weighted by Gasteiger charge is 2.24. The molecule has 42 heavy (non-hydrogen) atoms. The van der Waals surface area contributed by atoms with Gasteiger partial charge in [0.1, 0.15) is 18.2 Å². The highest BCUT2D eigenvalue weighted by atomic mass is 19.1. The number of carboxylic acid groups (broad SMARTS) is 1. The highest BCUT2D eigenvalue weighted by molar-refractivity contribution is 5.92. The molecule has 12 heteroatoms. The second-order valence-corrected chi connectivity index (χ2v) is 10.2. The van der Waals surface area contributed by atoms with Gasteiger partial charge in [0.25, 0.3) is 5.88 Å². The first kappa shape index (κ1) is 27.4. The number of rotatable bonds is 9. The molecule has 4 heterocycles. The lowest BCUT2D eigenvalue weighted by molar-refractivity contribution is -0.0591. The molecule has 0 saturated carbocycles. The van der Waals surface area contributed by atoms with Crippen molar-refractivity contribution in [1.29, 1.82) is 5.26 Å². The first-order chi connectivity index (χ1) is 20.4. The van der Waals surface area contributed by atoms with E-state index in [4.69, 9.17) is 19.7 Å². The second kappa shape index (κ2) is 11.6. The van der Waals surface area contributed by atoms with Crippen molar-refractivity contribution in [2.75, 3.05) is 19.7 Å². The third kappa shape index (κ3) is 5.70. The van der Waals surface area contributed by atoms with Crippen LogP contribution in [0.25, 0.3) is 16.6 Å². The maximum atomic E-state index is 14.4. The van der Waals surface area contributed by atoms with E-state index in [1.165, 1.54) is 12.1 Å². The number of imidazole rings is 1. The van der Waals surface area contributed by atoms with Gasteiger partial charge >= 0.3 is 5.97 Å². The minimum atomic E-state index is -0.988. The van der Waals surface area contributed by atoms with E-state index in [0.29, 0.717) is 38.4 Å². The van der Waals surface area contributed by atoms with Crippen LogP contribution in [0.2, 0.25) is 0 Å². The Morgan fingerprint density at radius 2 is 2.05 bits per heavy atom. The summed E-state index contributed by atoms with van der Waals surface area (Å²) >= 11 is 0. The van der Waals surface area contributed by atoms with E-state index in [9.17, 15) is 18.7 Å². The smallest absolute Gasteiger partial charge is 0.335 e. The van der Waals surface area contributed by atoms with Crippen molar-refractivity contribution in [3.63, 3.8) is 0 Å².